The average Bonchev–Trinajstić information content (AvgIpc) is 2.67. The van der Waals surface area contributed by atoms with Crippen LogP contribution in [0.1, 0.15) is 18.5 Å². The third-order valence-electron chi connectivity index (χ3n) is 4.36. The van der Waals surface area contributed by atoms with Gasteiger partial charge in [-0.25, -0.2) is 13.8 Å². The van der Waals surface area contributed by atoms with Crippen molar-refractivity contribution in [2.45, 2.75) is 25.3 Å². The van der Waals surface area contributed by atoms with Gasteiger partial charge in [-0.15, -0.1) is 0 Å². The molecule has 0 spiro atoms. The Hall–Kier alpha value is -2.37. The van der Waals surface area contributed by atoms with Gasteiger partial charge in [0.25, 0.3) is 5.56 Å². The smallest absolute Gasteiger partial charge is 0.431 e. The van der Waals surface area contributed by atoms with Crippen LogP contribution in [0.3, 0.4) is 0 Å². The molecular formula is C18H17ClF4N2O5. The fraction of sp³-hybridized carbons (Fsp3) is 0.444. The number of hydrogen-bond donors (Lipinski definition) is 0. The van der Waals surface area contributed by atoms with Gasteiger partial charge in [-0.05, 0) is 12.5 Å². The first-order chi connectivity index (χ1) is 14.1. The van der Waals surface area contributed by atoms with E-state index in [-0.39, 0.29) is 32.6 Å². The second-order valence-electron chi connectivity index (χ2n) is 6.44. The van der Waals surface area contributed by atoms with Gasteiger partial charge >= 0.3 is 11.9 Å². The van der Waals surface area contributed by atoms with Crippen molar-refractivity contribution in [3.05, 3.63) is 55.6 Å². The van der Waals surface area contributed by atoms with Crippen molar-refractivity contribution in [3.63, 3.8) is 0 Å². The van der Waals surface area contributed by atoms with Crippen LogP contribution in [-0.4, -0.2) is 35.2 Å². The van der Waals surface area contributed by atoms with Crippen LogP contribution in [0.25, 0.3) is 5.69 Å². The molecule has 0 amide bonds. The van der Waals surface area contributed by atoms with Crippen molar-refractivity contribution in [2.24, 2.45) is 7.05 Å². The molecular weight excluding hydrogens is 436 g/mol. The minimum absolute atomic E-state index is 0.0577. The zero-order valence-electron chi connectivity index (χ0n) is 15.7. The minimum atomic E-state index is -4.93. The normalized spacial score (nSPS) is 15.4. The van der Waals surface area contributed by atoms with Crippen LogP contribution in [0.4, 0.5) is 17.6 Å². The van der Waals surface area contributed by atoms with Crippen LogP contribution in [0.15, 0.2) is 27.8 Å². The Bertz CT molecular complexity index is 1040. The predicted octanol–water partition coefficient (Wildman–Crippen LogP) is 2.88. The molecule has 1 aliphatic heterocycles. The van der Waals surface area contributed by atoms with E-state index in [1.54, 1.807) is 0 Å². The van der Waals surface area contributed by atoms with Gasteiger partial charge in [0.05, 0.1) is 30.5 Å². The largest absolute Gasteiger partial charge is 0.492 e. The molecule has 2 aromatic rings. The maximum absolute atomic E-state index is 14.4. The van der Waals surface area contributed by atoms with E-state index >= 15 is 0 Å². The molecule has 0 radical (unpaired) electrons. The van der Waals surface area contributed by atoms with Gasteiger partial charge in [0.1, 0.15) is 17.3 Å². The minimum Gasteiger partial charge on any atom is -0.492 e. The molecule has 0 aliphatic carbocycles. The summed E-state index contributed by atoms with van der Waals surface area (Å²) in [4.78, 5) is 24.6. The molecule has 12 heteroatoms. The molecule has 1 aliphatic rings. The highest BCUT2D eigenvalue weighted by atomic mass is 35.5. The van der Waals surface area contributed by atoms with Crippen molar-refractivity contribution >= 4 is 11.6 Å². The molecule has 1 saturated heterocycles. The number of aromatic nitrogens is 2. The second-order valence-corrected chi connectivity index (χ2v) is 6.85. The van der Waals surface area contributed by atoms with Crippen LogP contribution in [0.2, 0.25) is 5.02 Å². The van der Waals surface area contributed by atoms with E-state index in [9.17, 15) is 27.2 Å². The van der Waals surface area contributed by atoms with Crippen molar-refractivity contribution in [2.75, 3.05) is 19.8 Å². The first-order valence-electron chi connectivity index (χ1n) is 8.85. The molecule has 0 bridgehead atoms. The van der Waals surface area contributed by atoms with Gasteiger partial charge in [0.2, 0.25) is 0 Å². The molecule has 0 N–H and O–H groups in total. The SMILES string of the molecule is Cn1c(C(F)(F)F)cc(=O)n(-c2cc(OCCC3OCCCO3)c(Cl)cc2F)c1=O. The van der Waals surface area contributed by atoms with Crippen LogP contribution in [0, 0.1) is 5.82 Å². The van der Waals surface area contributed by atoms with Gasteiger partial charge in [-0.1, -0.05) is 11.6 Å². The zero-order chi connectivity index (χ0) is 22.1. The van der Waals surface area contributed by atoms with Gasteiger partial charge in [0, 0.05) is 25.6 Å². The molecule has 0 unspecified atom stereocenters. The summed E-state index contributed by atoms with van der Waals surface area (Å²) in [5.74, 6) is -1.14. The zero-order valence-corrected chi connectivity index (χ0v) is 16.4. The van der Waals surface area contributed by atoms with Crippen molar-refractivity contribution in [1.29, 1.82) is 0 Å². The summed E-state index contributed by atoms with van der Waals surface area (Å²) < 4.78 is 70.1. The number of halogens is 5. The maximum atomic E-state index is 14.4. The van der Waals surface area contributed by atoms with Crippen molar-refractivity contribution in [1.82, 2.24) is 9.13 Å². The second kappa shape index (κ2) is 8.78. The molecule has 1 aromatic heterocycles. The fourth-order valence-corrected chi connectivity index (χ4v) is 3.09. The molecule has 2 heterocycles. The predicted molar refractivity (Wildman–Crippen MR) is 97.7 cm³/mol. The highest BCUT2D eigenvalue weighted by molar-refractivity contribution is 6.32. The number of ether oxygens (including phenoxy) is 3. The maximum Gasteiger partial charge on any atom is 0.431 e. The molecule has 30 heavy (non-hydrogen) atoms. The molecule has 1 aromatic carbocycles. The molecule has 1 fully saturated rings. The summed E-state index contributed by atoms with van der Waals surface area (Å²) >= 11 is 5.96. The topological polar surface area (TPSA) is 71.7 Å². The Kier molecular flexibility index (Phi) is 6.53. The molecule has 3 rings (SSSR count). The van der Waals surface area contributed by atoms with E-state index < -0.39 is 40.9 Å². The average molecular weight is 453 g/mol. The van der Waals surface area contributed by atoms with E-state index in [1.165, 1.54) is 0 Å². The Balaban J connectivity index is 1.93. The highest BCUT2D eigenvalue weighted by Crippen LogP contribution is 2.30. The molecule has 0 atom stereocenters. The monoisotopic (exact) mass is 452 g/mol. The molecule has 7 nitrogen and oxygen atoms in total. The Morgan fingerprint density at radius 1 is 1.20 bits per heavy atom. The van der Waals surface area contributed by atoms with Crippen LogP contribution in [0.5, 0.6) is 5.75 Å². The van der Waals surface area contributed by atoms with Crippen LogP contribution < -0.4 is 16.0 Å². The van der Waals surface area contributed by atoms with Gasteiger partial charge in [0.15, 0.2) is 6.29 Å². The lowest BCUT2D eigenvalue weighted by atomic mass is 10.2. The third-order valence-corrected chi connectivity index (χ3v) is 4.66. The van der Waals surface area contributed by atoms with E-state index in [1.807, 2.05) is 0 Å². The van der Waals surface area contributed by atoms with E-state index in [4.69, 9.17) is 25.8 Å². The lowest BCUT2D eigenvalue weighted by Crippen LogP contribution is -2.41. The number of nitrogens with zero attached hydrogens (tertiary/aromatic N) is 2. The van der Waals surface area contributed by atoms with E-state index in [0.717, 1.165) is 25.6 Å². The summed E-state index contributed by atoms with van der Waals surface area (Å²) in [6.07, 6.45) is -4.28. The Morgan fingerprint density at radius 2 is 1.87 bits per heavy atom. The quantitative estimate of drug-likeness (QED) is 0.652. The first-order valence-corrected chi connectivity index (χ1v) is 9.23. The van der Waals surface area contributed by atoms with Crippen molar-refractivity contribution in [3.8, 4) is 11.4 Å². The molecule has 164 valence electrons. The number of benzene rings is 1. The highest BCUT2D eigenvalue weighted by Gasteiger charge is 2.35. The van der Waals surface area contributed by atoms with Crippen LogP contribution in [-0.2, 0) is 22.7 Å². The third kappa shape index (κ3) is 4.68. The summed E-state index contributed by atoms with van der Waals surface area (Å²) in [5, 5.41) is -0.140. The van der Waals surface area contributed by atoms with Gasteiger partial charge < -0.3 is 14.2 Å². The van der Waals surface area contributed by atoms with Crippen LogP contribution >= 0.6 is 11.6 Å². The van der Waals surface area contributed by atoms with E-state index in [0.29, 0.717) is 19.6 Å². The molecule has 0 saturated carbocycles. The lowest BCUT2D eigenvalue weighted by Gasteiger charge is -2.23. The van der Waals surface area contributed by atoms with Gasteiger partial charge in [-0.3, -0.25) is 9.36 Å². The summed E-state index contributed by atoms with van der Waals surface area (Å²) in [6, 6.07) is 2.01. The summed E-state index contributed by atoms with van der Waals surface area (Å²) in [5.41, 5.74) is -4.75. The van der Waals surface area contributed by atoms with E-state index in [2.05, 4.69) is 0 Å². The number of rotatable bonds is 5. The van der Waals surface area contributed by atoms with Gasteiger partial charge in [-0.2, -0.15) is 13.2 Å². The van der Waals surface area contributed by atoms with Crippen molar-refractivity contribution < 1.29 is 31.8 Å². The first kappa shape index (κ1) is 22.3. The number of hydrogen-bond acceptors (Lipinski definition) is 5. The Labute approximate surface area is 172 Å². The standard InChI is InChI=1S/C18H17ClF4N2O5/c1-24-14(18(21,22)23)9-15(26)25(17(24)27)12-8-13(10(19)7-11(12)20)28-6-3-16-29-4-2-5-30-16/h7-9,16H,2-6H2,1H3. The number of alkyl halides is 3. The summed E-state index contributed by atoms with van der Waals surface area (Å²) in [7, 11) is 0.830. The summed E-state index contributed by atoms with van der Waals surface area (Å²) in [6.45, 7) is 1.16. The fourth-order valence-electron chi connectivity index (χ4n) is 2.89. The lowest BCUT2D eigenvalue weighted by molar-refractivity contribution is -0.183. The Morgan fingerprint density at radius 3 is 2.50 bits per heavy atom.